The number of piperazine rings is 1. The van der Waals surface area contributed by atoms with Crippen molar-refractivity contribution in [3.63, 3.8) is 0 Å². The Labute approximate surface area is 192 Å². The first-order valence-electron chi connectivity index (χ1n) is 11.1. The first-order valence-corrected chi connectivity index (χ1v) is 11.1. The Bertz CT molecular complexity index is 1120. The number of carbonyl (C=O) groups excluding carboxylic acids is 1. The van der Waals surface area contributed by atoms with Crippen LogP contribution in [0.2, 0.25) is 0 Å². The first kappa shape index (κ1) is 21.1. The van der Waals surface area contributed by atoms with Gasteiger partial charge in [0.05, 0.1) is 14.2 Å². The van der Waals surface area contributed by atoms with E-state index in [1.165, 1.54) is 0 Å². The summed E-state index contributed by atoms with van der Waals surface area (Å²) in [7, 11) is 3.15. The summed E-state index contributed by atoms with van der Waals surface area (Å²) in [4.78, 5) is 21.3. The highest BCUT2D eigenvalue weighted by molar-refractivity contribution is 5.90. The largest absolute Gasteiger partial charge is 0.493 e. The number of hydrogen-bond donors (Lipinski definition) is 1. The minimum absolute atomic E-state index is 0.124. The van der Waals surface area contributed by atoms with Gasteiger partial charge in [0.25, 0.3) is 0 Å². The number of carbonyl (C=O) groups is 1. The zero-order chi connectivity index (χ0) is 22.8. The molecule has 1 N–H and O–H groups in total. The molecule has 2 aliphatic rings. The molecular formula is C24H27N5O4. The van der Waals surface area contributed by atoms with E-state index in [4.69, 9.17) is 14.0 Å². The standard InChI is InChI=1S/C24H27N5O4/c1-31-20-10-7-18(15-21(20)32-2)25-24(30)29-13-11-28(12-14-29)19-8-5-16(6-9-19)22-26-23(33-27-22)17-3-4-17/h5-10,15,17H,3-4,11-14H2,1-2H3,(H,25,30). The third-order valence-corrected chi connectivity index (χ3v) is 6.06. The molecule has 5 rings (SSSR count). The van der Waals surface area contributed by atoms with Gasteiger partial charge in [0.2, 0.25) is 11.7 Å². The third-order valence-electron chi connectivity index (χ3n) is 6.06. The Balaban J connectivity index is 1.16. The molecule has 0 bridgehead atoms. The second-order valence-corrected chi connectivity index (χ2v) is 8.25. The number of nitrogens with zero attached hydrogens (tertiary/aromatic N) is 4. The number of hydrogen-bond acceptors (Lipinski definition) is 7. The van der Waals surface area contributed by atoms with Crippen molar-refractivity contribution in [2.45, 2.75) is 18.8 Å². The monoisotopic (exact) mass is 449 g/mol. The van der Waals surface area contributed by atoms with Crippen LogP contribution in [0.5, 0.6) is 11.5 Å². The summed E-state index contributed by atoms with van der Waals surface area (Å²) in [5, 5.41) is 7.05. The van der Waals surface area contributed by atoms with Gasteiger partial charge in [-0.15, -0.1) is 0 Å². The topological polar surface area (TPSA) is 93.0 Å². The zero-order valence-electron chi connectivity index (χ0n) is 18.8. The molecule has 172 valence electrons. The summed E-state index contributed by atoms with van der Waals surface area (Å²) in [5.74, 6) is 3.04. The Kier molecular flexibility index (Phi) is 5.77. The smallest absolute Gasteiger partial charge is 0.321 e. The molecule has 33 heavy (non-hydrogen) atoms. The maximum Gasteiger partial charge on any atom is 0.321 e. The third kappa shape index (κ3) is 4.57. The van der Waals surface area contributed by atoms with Crippen molar-refractivity contribution < 1.29 is 18.8 Å². The Morgan fingerprint density at radius 2 is 1.73 bits per heavy atom. The molecule has 0 atom stereocenters. The Morgan fingerprint density at radius 3 is 2.39 bits per heavy atom. The van der Waals surface area contributed by atoms with Crippen LogP contribution in [0, 0.1) is 0 Å². The minimum atomic E-state index is -0.124. The zero-order valence-corrected chi connectivity index (χ0v) is 18.8. The average molecular weight is 450 g/mol. The molecule has 3 aromatic rings. The molecule has 1 saturated heterocycles. The predicted molar refractivity (Wildman–Crippen MR) is 124 cm³/mol. The SMILES string of the molecule is COc1ccc(NC(=O)N2CCN(c3ccc(-c4noc(C5CC5)n4)cc3)CC2)cc1OC. The highest BCUT2D eigenvalue weighted by Gasteiger charge is 2.30. The molecule has 0 spiro atoms. The number of amides is 2. The normalized spacial score (nSPS) is 15.9. The molecule has 2 fully saturated rings. The van der Waals surface area contributed by atoms with Crippen LogP contribution in [-0.2, 0) is 0 Å². The number of ether oxygens (including phenoxy) is 2. The molecule has 1 saturated carbocycles. The maximum absolute atomic E-state index is 12.7. The predicted octanol–water partition coefficient (Wildman–Crippen LogP) is 3.99. The molecule has 1 aromatic heterocycles. The molecule has 0 unspecified atom stereocenters. The van der Waals surface area contributed by atoms with Gasteiger partial charge in [0.1, 0.15) is 0 Å². The number of nitrogens with one attached hydrogen (secondary N) is 1. The van der Waals surface area contributed by atoms with Crippen LogP contribution >= 0.6 is 0 Å². The van der Waals surface area contributed by atoms with Crippen molar-refractivity contribution in [2.24, 2.45) is 0 Å². The summed E-state index contributed by atoms with van der Waals surface area (Å²) in [5.41, 5.74) is 2.73. The van der Waals surface area contributed by atoms with Gasteiger partial charge in [-0.1, -0.05) is 5.16 Å². The second kappa shape index (κ2) is 9.01. The van der Waals surface area contributed by atoms with E-state index in [1.54, 1.807) is 32.4 Å². The van der Waals surface area contributed by atoms with E-state index in [-0.39, 0.29) is 6.03 Å². The number of benzene rings is 2. The lowest BCUT2D eigenvalue weighted by Crippen LogP contribution is -2.50. The van der Waals surface area contributed by atoms with Crippen molar-refractivity contribution >= 4 is 17.4 Å². The lowest BCUT2D eigenvalue weighted by molar-refractivity contribution is 0.208. The van der Waals surface area contributed by atoms with Crippen LogP contribution in [0.3, 0.4) is 0 Å². The van der Waals surface area contributed by atoms with E-state index in [1.807, 2.05) is 17.0 Å². The minimum Gasteiger partial charge on any atom is -0.493 e. The van der Waals surface area contributed by atoms with Gasteiger partial charge in [-0.3, -0.25) is 0 Å². The van der Waals surface area contributed by atoms with Gasteiger partial charge in [-0.2, -0.15) is 4.98 Å². The molecular weight excluding hydrogens is 422 g/mol. The lowest BCUT2D eigenvalue weighted by atomic mass is 10.1. The van der Waals surface area contributed by atoms with Crippen LogP contribution in [0.4, 0.5) is 16.2 Å². The highest BCUT2D eigenvalue weighted by atomic mass is 16.5. The Hall–Kier alpha value is -3.75. The van der Waals surface area contributed by atoms with Gasteiger partial charge in [-0.25, -0.2) is 4.79 Å². The van der Waals surface area contributed by atoms with Crippen LogP contribution in [0.25, 0.3) is 11.4 Å². The van der Waals surface area contributed by atoms with Crippen molar-refractivity contribution in [2.75, 3.05) is 50.6 Å². The van der Waals surface area contributed by atoms with E-state index in [2.05, 4.69) is 32.5 Å². The molecule has 9 nitrogen and oxygen atoms in total. The number of rotatable bonds is 6. The van der Waals surface area contributed by atoms with Gasteiger partial charge in [0, 0.05) is 55.1 Å². The maximum atomic E-state index is 12.7. The molecule has 2 heterocycles. The summed E-state index contributed by atoms with van der Waals surface area (Å²) in [6.45, 7) is 2.78. The second-order valence-electron chi connectivity index (χ2n) is 8.25. The number of methoxy groups -OCH3 is 2. The average Bonchev–Trinajstić information content (AvgIpc) is 3.60. The van der Waals surface area contributed by atoms with Crippen molar-refractivity contribution in [3.8, 4) is 22.9 Å². The van der Waals surface area contributed by atoms with Crippen molar-refractivity contribution in [1.82, 2.24) is 15.0 Å². The van der Waals surface area contributed by atoms with Gasteiger partial charge < -0.3 is 29.1 Å². The van der Waals surface area contributed by atoms with E-state index >= 15 is 0 Å². The van der Waals surface area contributed by atoms with Crippen LogP contribution in [-0.4, -0.2) is 61.5 Å². The molecule has 1 aliphatic heterocycles. The van der Waals surface area contributed by atoms with Crippen molar-refractivity contribution in [1.29, 1.82) is 0 Å². The molecule has 0 radical (unpaired) electrons. The van der Waals surface area contributed by atoms with Crippen LogP contribution in [0.1, 0.15) is 24.7 Å². The number of urea groups is 1. The van der Waals surface area contributed by atoms with Gasteiger partial charge in [-0.05, 0) is 49.2 Å². The van der Waals surface area contributed by atoms with Crippen LogP contribution < -0.4 is 19.7 Å². The lowest BCUT2D eigenvalue weighted by Gasteiger charge is -2.36. The summed E-state index contributed by atoms with van der Waals surface area (Å²) in [6, 6.07) is 13.4. The Morgan fingerprint density at radius 1 is 1.00 bits per heavy atom. The van der Waals surface area contributed by atoms with E-state index in [0.29, 0.717) is 42.0 Å². The molecule has 2 aromatic carbocycles. The van der Waals surface area contributed by atoms with Crippen LogP contribution in [0.15, 0.2) is 47.0 Å². The van der Waals surface area contributed by atoms with Crippen molar-refractivity contribution in [3.05, 3.63) is 48.4 Å². The van der Waals surface area contributed by atoms with E-state index in [0.717, 1.165) is 43.1 Å². The quantitative estimate of drug-likeness (QED) is 0.608. The molecule has 1 aliphatic carbocycles. The van der Waals surface area contributed by atoms with E-state index < -0.39 is 0 Å². The van der Waals surface area contributed by atoms with Gasteiger partial charge >= 0.3 is 6.03 Å². The molecule has 9 heteroatoms. The highest BCUT2D eigenvalue weighted by Crippen LogP contribution is 2.39. The first-order chi connectivity index (χ1) is 16.1. The fourth-order valence-corrected chi connectivity index (χ4v) is 3.95. The summed E-state index contributed by atoms with van der Waals surface area (Å²) < 4.78 is 15.9. The summed E-state index contributed by atoms with van der Waals surface area (Å²) >= 11 is 0. The fourth-order valence-electron chi connectivity index (χ4n) is 3.95. The number of aromatic nitrogens is 2. The molecule has 2 amide bonds. The van der Waals surface area contributed by atoms with E-state index in [9.17, 15) is 4.79 Å². The summed E-state index contributed by atoms with van der Waals surface area (Å²) in [6.07, 6.45) is 2.28. The van der Waals surface area contributed by atoms with Gasteiger partial charge in [0.15, 0.2) is 11.5 Å². The fraction of sp³-hybridized carbons (Fsp3) is 0.375. The number of anilines is 2.